The van der Waals surface area contributed by atoms with Crippen LogP contribution in [0.4, 0.5) is 5.69 Å². The van der Waals surface area contributed by atoms with Crippen molar-refractivity contribution in [3.05, 3.63) is 49.6 Å². The molecular formula is C19H21Cl2NOS. The number of hydrogen-bond donors (Lipinski definition) is 1. The Morgan fingerprint density at radius 1 is 1.29 bits per heavy atom. The summed E-state index contributed by atoms with van der Waals surface area (Å²) in [5, 5.41) is 5.91. The highest BCUT2D eigenvalue weighted by molar-refractivity contribution is 7.10. The number of anilines is 1. The molecule has 1 aromatic heterocycles. The molecule has 1 heterocycles. The summed E-state index contributed by atoms with van der Waals surface area (Å²) in [6, 6.07) is 5.07. The van der Waals surface area contributed by atoms with Crippen molar-refractivity contribution in [2.24, 2.45) is 11.3 Å². The van der Waals surface area contributed by atoms with Gasteiger partial charge in [0.25, 0.3) is 5.91 Å². The lowest BCUT2D eigenvalue weighted by Gasteiger charge is -2.34. The molecule has 1 N–H and O–H groups in total. The third-order valence-electron chi connectivity index (χ3n) is 4.80. The first-order valence-electron chi connectivity index (χ1n) is 8.11. The predicted octanol–water partition coefficient (Wildman–Crippen LogP) is 6.46. The maximum absolute atomic E-state index is 12.7. The van der Waals surface area contributed by atoms with Crippen molar-refractivity contribution in [2.75, 3.05) is 5.32 Å². The van der Waals surface area contributed by atoms with Crippen LogP contribution in [-0.4, -0.2) is 5.91 Å². The van der Waals surface area contributed by atoms with Crippen LogP contribution in [0.2, 0.25) is 10.0 Å². The summed E-state index contributed by atoms with van der Waals surface area (Å²) >= 11 is 13.8. The molecule has 1 aliphatic rings. The highest BCUT2D eigenvalue weighted by Crippen LogP contribution is 2.40. The summed E-state index contributed by atoms with van der Waals surface area (Å²) < 4.78 is 0. The maximum atomic E-state index is 12.7. The largest absolute Gasteiger partial charge is 0.321 e. The number of carbonyl (C=O) groups excluding carboxylic acids is 1. The lowest BCUT2D eigenvalue weighted by atomic mass is 9.72. The van der Waals surface area contributed by atoms with Crippen LogP contribution in [0, 0.1) is 11.3 Å². The zero-order chi connectivity index (χ0) is 17.5. The van der Waals surface area contributed by atoms with E-state index in [9.17, 15) is 4.79 Å². The molecule has 1 aromatic carbocycles. The summed E-state index contributed by atoms with van der Waals surface area (Å²) in [5.74, 6) is 0.563. The Morgan fingerprint density at radius 2 is 2.04 bits per heavy atom. The van der Waals surface area contributed by atoms with E-state index in [0.717, 1.165) is 24.8 Å². The fourth-order valence-electron chi connectivity index (χ4n) is 3.23. The highest BCUT2D eigenvalue weighted by atomic mass is 35.5. The highest BCUT2D eigenvalue weighted by Gasteiger charge is 2.31. The van der Waals surface area contributed by atoms with E-state index >= 15 is 0 Å². The molecule has 5 heteroatoms. The molecule has 1 unspecified atom stereocenters. The zero-order valence-corrected chi connectivity index (χ0v) is 16.4. The van der Waals surface area contributed by atoms with E-state index < -0.39 is 0 Å². The topological polar surface area (TPSA) is 29.1 Å². The quantitative estimate of drug-likeness (QED) is 0.635. The van der Waals surface area contributed by atoms with Gasteiger partial charge in [-0.15, -0.1) is 11.3 Å². The van der Waals surface area contributed by atoms with E-state index in [4.69, 9.17) is 23.2 Å². The van der Waals surface area contributed by atoms with Gasteiger partial charge in [0.2, 0.25) is 0 Å². The van der Waals surface area contributed by atoms with Crippen molar-refractivity contribution >= 4 is 46.1 Å². The molecule has 128 valence electrons. The van der Waals surface area contributed by atoms with Crippen LogP contribution >= 0.6 is 34.5 Å². The molecule has 0 spiro atoms. The number of hydrogen-bond acceptors (Lipinski definition) is 2. The molecule has 3 rings (SSSR count). The summed E-state index contributed by atoms with van der Waals surface area (Å²) in [4.78, 5) is 14.0. The van der Waals surface area contributed by atoms with Crippen LogP contribution in [0.5, 0.6) is 0 Å². The van der Waals surface area contributed by atoms with E-state index in [-0.39, 0.29) is 5.91 Å². The van der Waals surface area contributed by atoms with Gasteiger partial charge in [0.05, 0.1) is 16.3 Å². The SMILES string of the molecule is CC(C)(C)C1CCc2c(C(=O)Nc3cc(Cl)ccc3Cl)csc2C1. The molecule has 0 bridgehead atoms. The van der Waals surface area contributed by atoms with Gasteiger partial charge in [-0.1, -0.05) is 44.0 Å². The standard InChI is InChI=1S/C19H21Cl2NOS/c1-19(2,3)11-4-6-13-14(10-24-17(13)8-11)18(23)22-16-9-12(20)5-7-15(16)21/h5,7,9-11H,4,6,8H2,1-3H3,(H,22,23). The first kappa shape index (κ1) is 17.8. The first-order valence-corrected chi connectivity index (χ1v) is 9.75. The Kier molecular flexibility index (Phi) is 4.96. The van der Waals surface area contributed by atoms with Gasteiger partial charge < -0.3 is 5.32 Å². The fourth-order valence-corrected chi connectivity index (χ4v) is 4.72. The van der Waals surface area contributed by atoms with E-state index in [1.807, 2.05) is 5.38 Å². The number of halogens is 2. The normalized spacial score (nSPS) is 17.5. The lowest BCUT2D eigenvalue weighted by molar-refractivity contribution is 0.102. The molecule has 0 saturated heterocycles. The summed E-state index contributed by atoms with van der Waals surface area (Å²) in [6.45, 7) is 6.89. The third kappa shape index (κ3) is 3.63. The van der Waals surface area contributed by atoms with Crippen molar-refractivity contribution in [2.45, 2.75) is 40.0 Å². The van der Waals surface area contributed by atoms with Gasteiger partial charge >= 0.3 is 0 Å². The van der Waals surface area contributed by atoms with Gasteiger partial charge in [0, 0.05) is 15.3 Å². The Hall–Kier alpha value is -1.03. The smallest absolute Gasteiger partial charge is 0.256 e. The van der Waals surface area contributed by atoms with Crippen LogP contribution < -0.4 is 5.32 Å². The summed E-state index contributed by atoms with van der Waals surface area (Å²) in [6.07, 6.45) is 3.16. The number of rotatable bonds is 2. The van der Waals surface area contributed by atoms with Gasteiger partial charge in [-0.3, -0.25) is 4.79 Å². The fraction of sp³-hybridized carbons (Fsp3) is 0.421. The molecule has 0 aliphatic heterocycles. The molecule has 24 heavy (non-hydrogen) atoms. The van der Waals surface area contributed by atoms with Crippen LogP contribution in [0.15, 0.2) is 23.6 Å². The molecular weight excluding hydrogens is 361 g/mol. The number of benzene rings is 1. The number of thiophene rings is 1. The second-order valence-corrected chi connectivity index (χ2v) is 9.24. The lowest BCUT2D eigenvalue weighted by Crippen LogP contribution is -2.27. The van der Waals surface area contributed by atoms with E-state index in [0.29, 0.717) is 27.1 Å². The average molecular weight is 382 g/mol. The molecule has 2 nitrogen and oxygen atoms in total. The minimum atomic E-state index is -0.106. The number of fused-ring (bicyclic) bond motifs is 1. The average Bonchev–Trinajstić information content (AvgIpc) is 2.93. The first-order chi connectivity index (χ1) is 11.3. The molecule has 0 fully saturated rings. The van der Waals surface area contributed by atoms with E-state index in [2.05, 4.69) is 26.1 Å². The zero-order valence-electron chi connectivity index (χ0n) is 14.1. The van der Waals surface area contributed by atoms with Crippen molar-refractivity contribution < 1.29 is 4.79 Å². The second-order valence-electron chi connectivity index (χ2n) is 7.44. The van der Waals surface area contributed by atoms with Gasteiger partial charge in [-0.2, -0.15) is 0 Å². The van der Waals surface area contributed by atoms with Crippen LogP contribution in [-0.2, 0) is 12.8 Å². The Labute approximate surface area is 157 Å². The third-order valence-corrected chi connectivity index (χ3v) is 6.42. The predicted molar refractivity (Wildman–Crippen MR) is 104 cm³/mol. The van der Waals surface area contributed by atoms with Gasteiger partial charge in [-0.05, 0) is 54.4 Å². The number of amides is 1. The van der Waals surface area contributed by atoms with Gasteiger partial charge in [-0.25, -0.2) is 0 Å². The van der Waals surface area contributed by atoms with Gasteiger partial charge in [0.15, 0.2) is 0 Å². The molecule has 0 radical (unpaired) electrons. The summed E-state index contributed by atoms with van der Waals surface area (Å²) in [5.41, 5.74) is 2.84. The molecule has 1 aliphatic carbocycles. The van der Waals surface area contributed by atoms with Crippen LogP contribution in [0.25, 0.3) is 0 Å². The summed E-state index contributed by atoms with van der Waals surface area (Å²) in [7, 11) is 0. The molecule has 1 atom stereocenters. The maximum Gasteiger partial charge on any atom is 0.256 e. The van der Waals surface area contributed by atoms with Crippen LogP contribution in [0.1, 0.15) is 48.0 Å². The van der Waals surface area contributed by atoms with Crippen molar-refractivity contribution in [3.63, 3.8) is 0 Å². The van der Waals surface area contributed by atoms with Crippen molar-refractivity contribution in [3.8, 4) is 0 Å². The molecule has 2 aromatic rings. The minimum absolute atomic E-state index is 0.106. The van der Waals surface area contributed by atoms with Crippen LogP contribution in [0.3, 0.4) is 0 Å². The Balaban J connectivity index is 1.81. The number of nitrogens with one attached hydrogen (secondary N) is 1. The second kappa shape index (κ2) is 6.70. The Morgan fingerprint density at radius 3 is 2.75 bits per heavy atom. The molecule has 0 saturated carbocycles. The van der Waals surface area contributed by atoms with E-state index in [1.165, 1.54) is 10.4 Å². The Bertz CT molecular complexity index is 776. The minimum Gasteiger partial charge on any atom is -0.321 e. The number of carbonyl (C=O) groups is 1. The monoisotopic (exact) mass is 381 g/mol. The molecule has 1 amide bonds. The van der Waals surface area contributed by atoms with Crippen molar-refractivity contribution in [1.29, 1.82) is 0 Å². The van der Waals surface area contributed by atoms with Crippen molar-refractivity contribution in [1.82, 2.24) is 0 Å². The van der Waals surface area contributed by atoms with Gasteiger partial charge in [0.1, 0.15) is 0 Å². The van der Waals surface area contributed by atoms with E-state index in [1.54, 1.807) is 29.5 Å².